The van der Waals surface area contributed by atoms with Gasteiger partial charge in [0.2, 0.25) is 0 Å². The number of hydrogen-bond acceptors (Lipinski definition) is 5. The number of aliphatic hydroxyl groups excluding tert-OH is 1. The van der Waals surface area contributed by atoms with Crippen LogP contribution in [0.1, 0.15) is 0 Å². The number of aliphatic hydroxyl groups is 1. The van der Waals surface area contributed by atoms with Crippen LogP contribution in [0.3, 0.4) is 0 Å². The third-order valence-corrected chi connectivity index (χ3v) is 2.09. The quantitative estimate of drug-likeness (QED) is 0.816. The largest absolute Gasteiger partial charge is 0.390 e. The SMILES string of the molecule is OCC(F)(F)CNc1nsnc1Cl. The molecule has 13 heavy (non-hydrogen) atoms. The summed E-state index contributed by atoms with van der Waals surface area (Å²) in [4.78, 5) is 0. The summed E-state index contributed by atoms with van der Waals surface area (Å²) < 4.78 is 32.1. The van der Waals surface area contributed by atoms with Gasteiger partial charge >= 0.3 is 0 Å². The second kappa shape index (κ2) is 4.12. The molecule has 4 nitrogen and oxygen atoms in total. The van der Waals surface area contributed by atoms with Crippen molar-refractivity contribution in [1.82, 2.24) is 8.75 Å². The summed E-state index contributed by atoms with van der Waals surface area (Å²) in [5, 5.41) is 10.6. The highest BCUT2D eigenvalue weighted by Crippen LogP contribution is 2.20. The van der Waals surface area contributed by atoms with Gasteiger partial charge in [-0.25, -0.2) is 8.78 Å². The van der Waals surface area contributed by atoms with Gasteiger partial charge in [0.15, 0.2) is 11.0 Å². The Morgan fingerprint density at radius 1 is 1.54 bits per heavy atom. The molecular weight excluding hydrogens is 224 g/mol. The average Bonchev–Trinajstić information content (AvgIpc) is 2.48. The van der Waals surface area contributed by atoms with Gasteiger partial charge in [-0.15, -0.1) is 0 Å². The third kappa shape index (κ3) is 3.02. The van der Waals surface area contributed by atoms with Gasteiger partial charge < -0.3 is 10.4 Å². The summed E-state index contributed by atoms with van der Waals surface area (Å²) in [5.74, 6) is -3.06. The molecule has 8 heteroatoms. The van der Waals surface area contributed by atoms with Crippen molar-refractivity contribution in [2.45, 2.75) is 5.92 Å². The van der Waals surface area contributed by atoms with Crippen molar-refractivity contribution in [3.8, 4) is 0 Å². The van der Waals surface area contributed by atoms with Gasteiger partial charge in [-0.1, -0.05) is 11.6 Å². The molecular formula is C5H6ClF2N3OS. The number of aromatic nitrogens is 2. The minimum Gasteiger partial charge on any atom is -0.390 e. The zero-order valence-electron chi connectivity index (χ0n) is 6.30. The van der Waals surface area contributed by atoms with E-state index < -0.39 is 19.1 Å². The summed E-state index contributed by atoms with van der Waals surface area (Å²) in [6, 6.07) is 0. The molecule has 1 heterocycles. The molecule has 0 aliphatic carbocycles. The predicted octanol–water partition coefficient (Wildman–Crippen LogP) is 1.23. The Bertz CT molecular complexity index is 282. The van der Waals surface area contributed by atoms with Gasteiger partial charge in [-0.3, -0.25) is 0 Å². The first-order valence-corrected chi connectivity index (χ1v) is 4.36. The predicted molar refractivity (Wildman–Crippen MR) is 45.4 cm³/mol. The first-order chi connectivity index (χ1) is 6.05. The number of nitrogens with one attached hydrogen (secondary N) is 1. The van der Waals surface area contributed by atoms with E-state index in [1.54, 1.807) is 0 Å². The Morgan fingerprint density at radius 3 is 2.69 bits per heavy atom. The van der Waals surface area contributed by atoms with Gasteiger partial charge in [0.25, 0.3) is 5.92 Å². The number of anilines is 1. The van der Waals surface area contributed by atoms with Gasteiger partial charge in [-0.05, 0) is 0 Å². The molecule has 0 aliphatic rings. The minimum atomic E-state index is -3.17. The van der Waals surface area contributed by atoms with Crippen molar-refractivity contribution in [2.75, 3.05) is 18.5 Å². The first kappa shape index (κ1) is 10.6. The second-order valence-electron chi connectivity index (χ2n) is 2.27. The van der Waals surface area contributed by atoms with E-state index >= 15 is 0 Å². The fraction of sp³-hybridized carbons (Fsp3) is 0.600. The molecule has 0 unspecified atom stereocenters. The number of halogens is 3. The Kier molecular flexibility index (Phi) is 3.34. The first-order valence-electron chi connectivity index (χ1n) is 3.26. The topological polar surface area (TPSA) is 58.0 Å². The van der Waals surface area contributed by atoms with Crippen LogP contribution in [0, 0.1) is 0 Å². The number of nitrogens with zero attached hydrogens (tertiary/aromatic N) is 2. The summed E-state index contributed by atoms with van der Waals surface area (Å²) in [6.07, 6.45) is 0. The summed E-state index contributed by atoms with van der Waals surface area (Å²) in [6.45, 7) is -1.93. The van der Waals surface area contributed by atoms with Crippen LogP contribution in [0.25, 0.3) is 0 Å². The van der Waals surface area contributed by atoms with Crippen LogP contribution in [0.4, 0.5) is 14.6 Å². The van der Waals surface area contributed by atoms with E-state index in [9.17, 15) is 8.78 Å². The highest BCUT2D eigenvalue weighted by molar-refractivity contribution is 6.99. The molecule has 1 aromatic heterocycles. The van der Waals surface area contributed by atoms with Gasteiger partial charge in [-0.2, -0.15) is 8.75 Å². The van der Waals surface area contributed by atoms with E-state index in [0.29, 0.717) is 0 Å². The molecule has 0 amide bonds. The van der Waals surface area contributed by atoms with Crippen LogP contribution in [0.15, 0.2) is 0 Å². The lowest BCUT2D eigenvalue weighted by Gasteiger charge is -2.12. The van der Waals surface area contributed by atoms with Crippen LogP contribution in [-0.4, -0.2) is 32.9 Å². The van der Waals surface area contributed by atoms with Crippen molar-refractivity contribution in [3.05, 3.63) is 5.15 Å². The van der Waals surface area contributed by atoms with Crippen molar-refractivity contribution in [1.29, 1.82) is 0 Å². The molecule has 0 fully saturated rings. The lowest BCUT2D eigenvalue weighted by atomic mass is 10.3. The molecule has 0 bridgehead atoms. The molecule has 0 radical (unpaired) electrons. The molecule has 0 aliphatic heterocycles. The summed E-state index contributed by atoms with van der Waals surface area (Å²) in [7, 11) is 0. The van der Waals surface area contributed by atoms with E-state index in [1.165, 1.54) is 0 Å². The Hall–Kier alpha value is -0.530. The van der Waals surface area contributed by atoms with E-state index in [-0.39, 0.29) is 11.0 Å². The lowest BCUT2D eigenvalue weighted by Crippen LogP contribution is -2.31. The van der Waals surface area contributed by atoms with Crippen LogP contribution in [-0.2, 0) is 0 Å². The van der Waals surface area contributed by atoms with Crippen molar-refractivity contribution in [3.63, 3.8) is 0 Å². The lowest BCUT2D eigenvalue weighted by molar-refractivity contribution is -0.0373. The average molecular weight is 230 g/mol. The number of alkyl halides is 2. The number of hydrogen-bond donors (Lipinski definition) is 2. The van der Waals surface area contributed by atoms with Crippen LogP contribution in [0.5, 0.6) is 0 Å². The maximum atomic E-state index is 12.5. The third-order valence-electron chi connectivity index (χ3n) is 1.19. The molecule has 1 aromatic rings. The molecule has 2 N–H and O–H groups in total. The Morgan fingerprint density at radius 2 is 2.23 bits per heavy atom. The zero-order valence-corrected chi connectivity index (χ0v) is 7.87. The van der Waals surface area contributed by atoms with Gasteiger partial charge in [0.1, 0.15) is 6.61 Å². The molecule has 1 rings (SSSR count). The monoisotopic (exact) mass is 229 g/mol. The molecule has 0 saturated carbocycles. The highest BCUT2D eigenvalue weighted by Gasteiger charge is 2.27. The maximum absolute atomic E-state index is 12.5. The van der Waals surface area contributed by atoms with E-state index in [2.05, 4.69) is 14.1 Å². The van der Waals surface area contributed by atoms with E-state index in [4.69, 9.17) is 16.7 Å². The standard InChI is InChI=1S/C5H6ClF2N3OS/c6-3-4(11-13-10-3)9-1-5(7,8)2-12/h12H,1-2H2,(H,9,11). The van der Waals surface area contributed by atoms with Crippen molar-refractivity contribution < 1.29 is 13.9 Å². The van der Waals surface area contributed by atoms with Gasteiger partial charge in [0, 0.05) is 0 Å². The molecule has 0 atom stereocenters. The summed E-state index contributed by atoms with van der Waals surface area (Å²) in [5.41, 5.74) is 0. The van der Waals surface area contributed by atoms with Gasteiger partial charge in [0.05, 0.1) is 18.3 Å². The van der Waals surface area contributed by atoms with E-state index in [0.717, 1.165) is 11.7 Å². The van der Waals surface area contributed by atoms with Crippen LogP contribution >= 0.6 is 23.3 Å². The minimum absolute atomic E-state index is 0.0544. The number of rotatable bonds is 4. The van der Waals surface area contributed by atoms with Crippen molar-refractivity contribution in [2.24, 2.45) is 0 Å². The second-order valence-corrected chi connectivity index (χ2v) is 3.16. The molecule has 74 valence electrons. The highest BCUT2D eigenvalue weighted by atomic mass is 35.5. The van der Waals surface area contributed by atoms with E-state index in [1.807, 2.05) is 0 Å². The fourth-order valence-electron chi connectivity index (χ4n) is 0.552. The summed E-state index contributed by atoms with van der Waals surface area (Å²) >= 11 is 6.30. The van der Waals surface area contributed by atoms with Crippen molar-refractivity contribution >= 4 is 29.1 Å². The smallest absolute Gasteiger partial charge is 0.287 e. The molecule has 0 aromatic carbocycles. The maximum Gasteiger partial charge on any atom is 0.287 e. The fourth-order valence-corrected chi connectivity index (χ4v) is 1.24. The molecule has 0 saturated heterocycles. The Balaban J connectivity index is 2.48. The van der Waals surface area contributed by atoms with Crippen LogP contribution in [0.2, 0.25) is 5.15 Å². The molecule has 0 spiro atoms. The normalized spacial score (nSPS) is 11.7. The van der Waals surface area contributed by atoms with Crippen LogP contribution < -0.4 is 5.32 Å². The Labute approximate surface area is 81.9 Å². The zero-order chi connectivity index (χ0) is 9.90.